The van der Waals surface area contributed by atoms with Gasteiger partial charge in [-0.2, -0.15) is 13.2 Å². The van der Waals surface area contributed by atoms with E-state index < -0.39 is 35.9 Å². The summed E-state index contributed by atoms with van der Waals surface area (Å²) in [7, 11) is 0. The number of likely N-dealkylation sites (tertiary alicyclic amines) is 1. The molecule has 1 amide bonds. The molecule has 0 bridgehead atoms. The zero-order valence-electron chi connectivity index (χ0n) is 20.9. The molecule has 1 aromatic carbocycles. The second kappa shape index (κ2) is 9.81. The predicted molar refractivity (Wildman–Crippen MR) is 130 cm³/mol. The zero-order valence-corrected chi connectivity index (χ0v) is 21.7. The Balaban J connectivity index is 1.71. The molecule has 37 heavy (non-hydrogen) atoms. The molecular weight excluding hydrogens is 511 g/mol. The minimum Gasteiger partial charge on any atom is -0.488 e. The average Bonchev–Trinajstić information content (AvgIpc) is 3.43. The smallest absolute Gasteiger partial charge is 0.434 e. The lowest BCUT2D eigenvalue weighted by Gasteiger charge is -2.27. The van der Waals surface area contributed by atoms with Crippen molar-refractivity contribution in [3.05, 3.63) is 40.4 Å². The van der Waals surface area contributed by atoms with E-state index in [1.807, 2.05) is 26.0 Å². The van der Waals surface area contributed by atoms with E-state index in [0.29, 0.717) is 16.7 Å². The molecule has 1 saturated heterocycles. The number of aryl methyl sites for hydroxylation is 2. The Labute approximate surface area is 215 Å². The number of amides is 1. The van der Waals surface area contributed by atoms with Crippen LogP contribution in [0.1, 0.15) is 44.0 Å². The van der Waals surface area contributed by atoms with Crippen LogP contribution >= 0.6 is 11.3 Å². The molecule has 0 spiro atoms. The normalized spacial score (nSPS) is 18.2. The monoisotopic (exact) mass is 537 g/mol. The first kappa shape index (κ1) is 26.6. The third-order valence-corrected chi connectivity index (χ3v) is 6.69. The third-order valence-electron chi connectivity index (χ3n) is 5.83. The number of hydrogen-bond acceptors (Lipinski definition) is 8. The highest BCUT2D eigenvalue weighted by Gasteiger charge is 2.40. The molecule has 3 aromatic rings. The van der Waals surface area contributed by atoms with Crippen molar-refractivity contribution >= 4 is 34.8 Å². The fraction of sp³-hybridized carbons (Fsp3) is 0.440. The van der Waals surface area contributed by atoms with E-state index in [9.17, 15) is 22.8 Å². The van der Waals surface area contributed by atoms with Crippen LogP contribution in [0.3, 0.4) is 0 Å². The van der Waals surface area contributed by atoms with Crippen molar-refractivity contribution in [2.75, 3.05) is 6.54 Å². The first-order valence-corrected chi connectivity index (χ1v) is 12.3. The van der Waals surface area contributed by atoms with Gasteiger partial charge in [0.05, 0.1) is 12.1 Å². The van der Waals surface area contributed by atoms with Gasteiger partial charge < -0.3 is 14.2 Å². The van der Waals surface area contributed by atoms with Crippen LogP contribution in [0.5, 0.6) is 5.75 Å². The molecular formula is C25H26F3N3O5S. The van der Waals surface area contributed by atoms with E-state index in [-0.39, 0.29) is 30.1 Å². The highest BCUT2D eigenvalue weighted by atomic mass is 32.1. The number of nitrogens with zero attached hydrogens (tertiary/aromatic N) is 3. The van der Waals surface area contributed by atoms with E-state index >= 15 is 0 Å². The Morgan fingerprint density at radius 3 is 2.54 bits per heavy atom. The summed E-state index contributed by atoms with van der Waals surface area (Å²) in [5.41, 5.74) is 0.861. The number of carbonyl (C=O) groups is 2. The molecule has 198 valence electrons. The summed E-state index contributed by atoms with van der Waals surface area (Å²) >= 11 is 0.839. The fourth-order valence-electron chi connectivity index (χ4n) is 3.96. The second-order valence-electron chi connectivity index (χ2n) is 9.74. The van der Waals surface area contributed by atoms with E-state index in [4.69, 9.17) is 14.2 Å². The first-order valence-electron chi connectivity index (χ1n) is 11.5. The molecule has 3 heterocycles. The molecule has 8 nitrogen and oxygen atoms in total. The van der Waals surface area contributed by atoms with Gasteiger partial charge in [0.15, 0.2) is 11.9 Å². The van der Waals surface area contributed by atoms with Crippen molar-refractivity contribution in [1.82, 2.24) is 14.9 Å². The van der Waals surface area contributed by atoms with Crippen molar-refractivity contribution < 1.29 is 37.0 Å². The number of pyridine rings is 1. The maximum atomic E-state index is 13.2. The van der Waals surface area contributed by atoms with Gasteiger partial charge in [-0.3, -0.25) is 9.69 Å². The fourth-order valence-corrected chi connectivity index (χ4v) is 4.75. The number of hydrogen-bond donors (Lipinski definition) is 0. The third kappa shape index (κ3) is 5.79. The zero-order chi connectivity index (χ0) is 27.1. The first-order chi connectivity index (χ1) is 17.3. The molecule has 0 saturated carbocycles. The van der Waals surface area contributed by atoms with Gasteiger partial charge in [-0.1, -0.05) is 6.07 Å². The van der Waals surface area contributed by atoms with Crippen molar-refractivity contribution in [2.45, 2.75) is 65.1 Å². The number of ether oxygens (including phenoxy) is 3. The number of thiazole rings is 1. The van der Waals surface area contributed by atoms with Gasteiger partial charge in [-0.25, -0.2) is 14.8 Å². The summed E-state index contributed by atoms with van der Waals surface area (Å²) in [4.78, 5) is 33.4. The lowest BCUT2D eigenvalue weighted by atomic mass is 10.0. The molecule has 4 rings (SSSR count). The number of rotatable bonds is 5. The summed E-state index contributed by atoms with van der Waals surface area (Å²) < 4.78 is 56.3. The Morgan fingerprint density at radius 2 is 1.92 bits per heavy atom. The number of benzene rings is 1. The van der Waals surface area contributed by atoms with E-state index in [1.54, 1.807) is 26.8 Å². The van der Waals surface area contributed by atoms with Crippen LogP contribution in [0.25, 0.3) is 21.6 Å². The highest BCUT2D eigenvalue weighted by Crippen LogP contribution is 2.38. The molecule has 12 heteroatoms. The Kier molecular flexibility index (Phi) is 7.06. The highest BCUT2D eigenvalue weighted by molar-refractivity contribution is 7.13. The van der Waals surface area contributed by atoms with Crippen LogP contribution in [0, 0.1) is 13.8 Å². The SMILES string of the molecule is Cc1ccc2c(OC3C[C@H](OC=O)N(C(=O)OC(C)(C)C)C3)cc(-c3nc(C(F)(F)F)cs3)nc2c1C. The van der Waals surface area contributed by atoms with Crippen LogP contribution in [0.4, 0.5) is 18.0 Å². The quantitative estimate of drug-likeness (QED) is 0.375. The summed E-state index contributed by atoms with van der Waals surface area (Å²) in [6, 6.07) is 5.27. The molecule has 0 aliphatic carbocycles. The molecule has 0 radical (unpaired) electrons. The van der Waals surface area contributed by atoms with Gasteiger partial charge in [0, 0.05) is 23.3 Å². The van der Waals surface area contributed by atoms with E-state index in [1.165, 1.54) is 4.90 Å². The second-order valence-corrected chi connectivity index (χ2v) is 10.6. The summed E-state index contributed by atoms with van der Waals surface area (Å²) in [5.74, 6) is 0.368. The van der Waals surface area contributed by atoms with Crippen LogP contribution in [0.2, 0.25) is 0 Å². The topological polar surface area (TPSA) is 90.9 Å². The van der Waals surface area contributed by atoms with Gasteiger partial charge in [-0.15, -0.1) is 11.3 Å². The van der Waals surface area contributed by atoms with Gasteiger partial charge in [-0.05, 0) is 51.8 Å². The molecule has 1 fully saturated rings. The van der Waals surface area contributed by atoms with Gasteiger partial charge in [0.1, 0.15) is 28.2 Å². The van der Waals surface area contributed by atoms with Crippen molar-refractivity contribution in [3.8, 4) is 16.5 Å². The summed E-state index contributed by atoms with van der Waals surface area (Å²) in [5, 5.41) is 1.70. The van der Waals surface area contributed by atoms with Crippen molar-refractivity contribution in [1.29, 1.82) is 0 Å². The Bertz CT molecular complexity index is 1340. The number of carbonyl (C=O) groups excluding carboxylic acids is 2. The Hall–Kier alpha value is -3.41. The maximum absolute atomic E-state index is 13.2. The van der Waals surface area contributed by atoms with Gasteiger partial charge >= 0.3 is 12.3 Å². The van der Waals surface area contributed by atoms with Crippen LogP contribution < -0.4 is 4.74 Å². The molecule has 1 aliphatic heterocycles. The molecule has 1 aliphatic rings. The molecule has 2 aromatic heterocycles. The average molecular weight is 538 g/mol. The van der Waals surface area contributed by atoms with Gasteiger partial charge in [0.2, 0.25) is 0 Å². The van der Waals surface area contributed by atoms with E-state index in [0.717, 1.165) is 27.8 Å². The molecule has 2 atom stereocenters. The largest absolute Gasteiger partial charge is 0.488 e. The number of halogens is 3. The van der Waals surface area contributed by atoms with Crippen LogP contribution in [0.15, 0.2) is 23.6 Å². The molecule has 1 unspecified atom stereocenters. The Morgan fingerprint density at radius 1 is 1.19 bits per heavy atom. The van der Waals surface area contributed by atoms with E-state index in [2.05, 4.69) is 9.97 Å². The maximum Gasteiger partial charge on any atom is 0.434 e. The minimum atomic E-state index is -4.57. The van der Waals surface area contributed by atoms with Crippen molar-refractivity contribution in [2.24, 2.45) is 0 Å². The number of fused-ring (bicyclic) bond motifs is 1. The predicted octanol–water partition coefficient (Wildman–Crippen LogP) is 5.88. The standard InChI is InChI=1S/C25H26F3N3O5S/c1-13-6-7-16-18(35-15-8-20(34-12-32)31(10-15)23(33)36-24(3,4)5)9-17(29-21(16)14(13)2)22-30-19(11-37-22)25(26,27)28/h6-7,9,11-12,15,20H,8,10H2,1-5H3/t15?,20-/m0/s1. The summed E-state index contributed by atoms with van der Waals surface area (Å²) in [6.45, 7) is 9.29. The lowest BCUT2D eigenvalue weighted by molar-refractivity contribution is -0.141. The number of aromatic nitrogens is 2. The minimum absolute atomic E-state index is 0.0763. The molecule has 0 N–H and O–H groups in total. The van der Waals surface area contributed by atoms with Gasteiger partial charge in [0.25, 0.3) is 6.47 Å². The van der Waals surface area contributed by atoms with Crippen LogP contribution in [-0.4, -0.2) is 51.9 Å². The van der Waals surface area contributed by atoms with Crippen molar-refractivity contribution in [3.63, 3.8) is 0 Å². The van der Waals surface area contributed by atoms with Crippen LogP contribution in [-0.2, 0) is 20.4 Å². The summed E-state index contributed by atoms with van der Waals surface area (Å²) in [6.07, 6.45) is -6.52. The lowest BCUT2D eigenvalue weighted by Crippen LogP contribution is -2.41. The number of alkyl halides is 3.